The van der Waals surface area contributed by atoms with Crippen LogP contribution in [0.15, 0.2) is 35.7 Å². The lowest BCUT2D eigenvalue weighted by molar-refractivity contribution is 0.0957. The predicted octanol–water partition coefficient (Wildman–Crippen LogP) is 3.61. The summed E-state index contributed by atoms with van der Waals surface area (Å²) in [6.07, 6.45) is 0.909. The van der Waals surface area contributed by atoms with Crippen LogP contribution in [-0.4, -0.2) is 12.5 Å². The van der Waals surface area contributed by atoms with E-state index >= 15 is 0 Å². The number of hydrogen-bond acceptors (Lipinski definition) is 3. The maximum absolute atomic E-state index is 13.0. The van der Waals surface area contributed by atoms with Gasteiger partial charge in [0.1, 0.15) is 18.2 Å². The fourth-order valence-electron chi connectivity index (χ4n) is 1.62. The minimum absolute atomic E-state index is 0.0612. The van der Waals surface area contributed by atoms with E-state index in [1.807, 2.05) is 12.3 Å². The van der Waals surface area contributed by atoms with Crippen LogP contribution in [0.4, 0.5) is 4.39 Å². The van der Waals surface area contributed by atoms with E-state index in [4.69, 9.17) is 4.74 Å². The Hall–Kier alpha value is -1.88. The molecule has 1 amide bonds. The molecule has 2 aromatic rings. The number of hydrogen-bond donors (Lipinski definition) is 1. The second-order valence-electron chi connectivity index (χ2n) is 4.32. The molecule has 0 spiro atoms. The molecule has 1 aromatic heterocycles. The van der Waals surface area contributed by atoms with Crippen LogP contribution >= 0.6 is 11.3 Å². The molecule has 1 N–H and O–H groups in total. The van der Waals surface area contributed by atoms with Gasteiger partial charge in [-0.05, 0) is 30.0 Å². The van der Waals surface area contributed by atoms with E-state index in [0.717, 1.165) is 12.0 Å². The molecule has 20 heavy (non-hydrogen) atoms. The third-order valence-corrected chi connectivity index (χ3v) is 3.59. The number of benzene rings is 1. The molecule has 0 aliphatic carbocycles. The fourth-order valence-corrected chi connectivity index (χ4v) is 2.43. The van der Waals surface area contributed by atoms with Crippen LogP contribution in [0.25, 0.3) is 0 Å². The SMILES string of the molecule is CCCNC(=O)c1cc(COc2cccc(F)c2)cs1. The number of thiophene rings is 1. The van der Waals surface area contributed by atoms with Crippen LogP contribution in [0, 0.1) is 5.82 Å². The molecule has 0 bridgehead atoms. The number of ether oxygens (including phenoxy) is 1. The molecule has 106 valence electrons. The first-order chi connectivity index (χ1) is 9.69. The van der Waals surface area contributed by atoms with Crippen molar-refractivity contribution in [1.82, 2.24) is 5.32 Å². The Morgan fingerprint density at radius 1 is 1.40 bits per heavy atom. The predicted molar refractivity (Wildman–Crippen MR) is 77.7 cm³/mol. The molecule has 0 aliphatic heterocycles. The van der Waals surface area contributed by atoms with Gasteiger partial charge >= 0.3 is 0 Å². The summed E-state index contributed by atoms with van der Waals surface area (Å²) in [6, 6.07) is 7.80. The summed E-state index contributed by atoms with van der Waals surface area (Å²) in [7, 11) is 0. The number of carbonyl (C=O) groups excluding carboxylic acids is 1. The molecule has 0 radical (unpaired) electrons. The average molecular weight is 293 g/mol. The smallest absolute Gasteiger partial charge is 0.261 e. The summed E-state index contributed by atoms with van der Waals surface area (Å²) in [5.41, 5.74) is 0.904. The standard InChI is InChI=1S/C15H16FNO2S/c1-2-6-17-15(18)14-7-11(10-20-14)9-19-13-5-3-4-12(16)8-13/h3-5,7-8,10H,2,6,9H2,1H3,(H,17,18). The number of carbonyl (C=O) groups is 1. The van der Waals surface area contributed by atoms with Gasteiger partial charge in [-0.1, -0.05) is 13.0 Å². The highest BCUT2D eigenvalue weighted by molar-refractivity contribution is 7.12. The zero-order chi connectivity index (χ0) is 14.4. The number of amides is 1. The van der Waals surface area contributed by atoms with E-state index < -0.39 is 0 Å². The average Bonchev–Trinajstić information content (AvgIpc) is 2.91. The minimum atomic E-state index is -0.326. The molecule has 0 unspecified atom stereocenters. The van der Waals surface area contributed by atoms with Crippen LogP contribution in [0.3, 0.4) is 0 Å². The van der Waals surface area contributed by atoms with Crippen molar-refractivity contribution in [2.45, 2.75) is 20.0 Å². The first-order valence-electron chi connectivity index (χ1n) is 6.43. The molecule has 3 nitrogen and oxygen atoms in total. The molecule has 0 saturated heterocycles. The van der Waals surface area contributed by atoms with Crippen molar-refractivity contribution in [2.24, 2.45) is 0 Å². The van der Waals surface area contributed by atoms with Gasteiger partial charge in [0.05, 0.1) is 4.88 Å². The van der Waals surface area contributed by atoms with E-state index in [1.165, 1.54) is 23.5 Å². The molecule has 2 rings (SSSR count). The van der Waals surface area contributed by atoms with Crippen molar-refractivity contribution in [1.29, 1.82) is 0 Å². The maximum Gasteiger partial charge on any atom is 0.261 e. The largest absolute Gasteiger partial charge is 0.489 e. The Labute approximate surface area is 121 Å². The monoisotopic (exact) mass is 293 g/mol. The third-order valence-electron chi connectivity index (χ3n) is 2.61. The molecule has 5 heteroatoms. The van der Waals surface area contributed by atoms with Crippen LogP contribution in [0.1, 0.15) is 28.6 Å². The Morgan fingerprint density at radius 3 is 3.00 bits per heavy atom. The van der Waals surface area contributed by atoms with Crippen molar-refractivity contribution in [3.05, 3.63) is 52.0 Å². The number of halogens is 1. The number of rotatable bonds is 6. The van der Waals surface area contributed by atoms with Gasteiger partial charge in [0, 0.05) is 18.2 Å². The van der Waals surface area contributed by atoms with Crippen LogP contribution in [0.5, 0.6) is 5.75 Å². The van der Waals surface area contributed by atoms with Crippen molar-refractivity contribution < 1.29 is 13.9 Å². The minimum Gasteiger partial charge on any atom is -0.489 e. The molecule has 0 aliphatic rings. The Morgan fingerprint density at radius 2 is 2.25 bits per heavy atom. The number of nitrogens with one attached hydrogen (secondary N) is 1. The van der Waals surface area contributed by atoms with Crippen molar-refractivity contribution >= 4 is 17.2 Å². The summed E-state index contributed by atoms with van der Waals surface area (Å²) in [6.45, 7) is 3.00. The summed E-state index contributed by atoms with van der Waals surface area (Å²) < 4.78 is 18.5. The normalized spacial score (nSPS) is 10.3. The highest BCUT2D eigenvalue weighted by atomic mass is 32.1. The van der Waals surface area contributed by atoms with Gasteiger partial charge in [0.2, 0.25) is 0 Å². The van der Waals surface area contributed by atoms with E-state index in [0.29, 0.717) is 23.8 Å². The van der Waals surface area contributed by atoms with Crippen molar-refractivity contribution in [3.8, 4) is 5.75 Å². The zero-order valence-electron chi connectivity index (χ0n) is 11.2. The van der Waals surface area contributed by atoms with E-state index in [-0.39, 0.29) is 11.7 Å². The Bertz CT molecular complexity index is 583. The van der Waals surface area contributed by atoms with E-state index in [9.17, 15) is 9.18 Å². The molecule has 0 fully saturated rings. The topological polar surface area (TPSA) is 38.3 Å². The highest BCUT2D eigenvalue weighted by Crippen LogP contribution is 2.18. The van der Waals surface area contributed by atoms with E-state index in [1.54, 1.807) is 18.2 Å². The summed E-state index contributed by atoms with van der Waals surface area (Å²) in [5, 5.41) is 4.70. The van der Waals surface area contributed by atoms with Gasteiger partial charge in [-0.2, -0.15) is 0 Å². The summed E-state index contributed by atoms with van der Waals surface area (Å²) >= 11 is 1.38. The first-order valence-corrected chi connectivity index (χ1v) is 7.31. The van der Waals surface area contributed by atoms with Gasteiger partial charge in [-0.15, -0.1) is 11.3 Å². The molecule has 0 atom stereocenters. The second kappa shape index (κ2) is 7.05. The highest BCUT2D eigenvalue weighted by Gasteiger charge is 2.08. The second-order valence-corrected chi connectivity index (χ2v) is 5.23. The summed E-state index contributed by atoms with van der Waals surface area (Å²) in [5.74, 6) is 0.0921. The Kier molecular flexibility index (Phi) is 5.12. The fraction of sp³-hybridized carbons (Fsp3) is 0.267. The maximum atomic E-state index is 13.0. The first kappa shape index (κ1) is 14.5. The molecular formula is C15H16FNO2S. The van der Waals surface area contributed by atoms with Gasteiger partial charge in [-0.25, -0.2) is 4.39 Å². The zero-order valence-corrected chi connectivity index (χ0v) is 12.0. The van der Waals surface area contributed by atoms with Crippen LogP contribution < -0.4 is 10.1 Å². The van der Waals surface area contributed by atoms with E-state index in [2.05, 4.69) is 5.32 Å². The molecule has 1 aromatic carbocycles. The van der Waals surface area contributed by atoms with Gasteiger partial charge in [-0.3, -0.25) is 4.79 Å². The van der Waals surface area contributed by atoms with Crippen molar-refractivity contribution in [2.75, 3.05) is 6.54 Å². The van der Waals surface area contributed by atoms with Gasteiger partial charge in [0.25, 0.3) is 5.91 Å². The lowest BCUT2D eigenvalue weighted by Crippen LogP contribution is -2.22. The van der Waals surface area contributed by atoms with Crippen LogP contribution in [-0.2, 0) is 6.61 Å². The Balaban J connectivity index is 1.91. The molecule has 1 heterocycles. The molecule has 0 saturated carbocycles. The van der Waals surface area contributed by atoms with Crippen molar-refractivity contribution in [3.63, 3.8) is 0 Å². The van der Waals surface area contributed by atoms with Gasteiger partial charge < -0.3 is 10.1 Å². The van der Waals surface area contributed by atoms with Crippen LogP contribution in [0.2, 0.25) is 0 Å². The summed E-state index contributed by atoms with van der Waals surface area (Å²) in [4.78, 5) is 12.4. The lowest BCUT2D eigenvalue weighted by atomic mass is 10.3. The quantitative estimate of drug-likeness (QED) is 0.883. The van der Waals surface area contributed by atoms with Gasteiger partial charge in [0.15, 0.2) is 0 Å². The molecular weight excluding hydrogens is 277 g/mol. The lowest BCUT2D eigenvalue weighted by Gasteiger charge is -2.04. The third kappa shape index (κ3) is 4.06.